The van der Waals surface area contributed by atoms with Gasteiger partial charge in [-0.25, -0.2) is 0 Å². The summed E-state index contributed by atoms with van der Waals surface area (Å²) in [7, 11) is -1.30. The second-order valence-electron chi connectivity index (χ2n) is 15.7. The zero-order chi connectivity index (χ0) is 45.0. The Morgan fingerprint density at radius 1 is 0.909 bits per heavy atom. The Morgan fingerprint density at radius 3 is 2.36 bits per heavy atom. The molecule has 0 aliphatic carbocycles. The third-order valence-electron chi connectivity index (χ3n) is 10.2. The second kappa shape index (κ2) is 16.5. The predicted molar refractivity (Wildman–Crippen MR) is 226 cm³/mol. The van der Waals surface area contributed by atoms with E-state index >= 15 is 0 Å². The van der Waals surface area contributed by atoms with Gasteiger partial charge in [-0.3, -0.25) is 4.39 Å². The first-order chi connectivity index (χ1) is 29.0. The maximum absolute atomic E-state index is 12.8. The van der Waals surface area contributed by atoms with Crippen LogP contribution in [0.5, 0.6) is 0 Å². The molecule has 8 rings (SSSR count). The minimum Gasteiger partial charge on any atom is 0 e. The zero-order valence-electron chi connectivity index (χ0n) is 39.4. The second-order valence-corrected chi connectivity index (χ2v) is 31.9. The summed E-state index contributed by atoms with van der Waals surface area (Å²) in [5.74, 6) is 3.42. The van der Waals surface area contributed by atoms with Crippen LogP contribution in [0, 0.1) is 43.0 Å². The van der Waals surface area contributed by atoms with Crippen LogP contribution in [0.25, 0.3) is 55.6 Å². The van der Waals surface area contributed by atoms with Crippen LogP contribution in [0.2, 0.25) is 41.7 Å². The molecular weight excluding hydrogens is 934 g/mol. The number of halogens is 1. The standard InChI is InChI=1S/C33H31GeN2O.C14H15FNSi.Ir/c1-21-16-25(24-12-14-34(3,4)15-13-24)9-11-26(21)30-18-31(36-20-22(30)2)29-7-5-6-28-27-10-8-23(19-35)17-32(27)37-33(28)29;1-17(2,3)13-8-9-14(16-10-13)11-4-6-12(15)7-5-11;/h5-6,8-11,16-18,20,24H,12-15H2,1-4H3;4,6-10H,1-3H3;/q2*-1;/i1D3,2D3,11D,24D;;. The number of rotatable bonds is 5. The minimum absolute atomic E-state index is 0. The van der Waals surface area contributed by atoms with E-state index in [0.717, 1.165) is 32.5 Å². The third kappa shape index (κ3) is 8.95. The van der Waals surface area contributed by atoms with Crippen LogP contribution >= 0.6 is 0 Å². The van der Waals surface area contributed by atoms with E-state index in [0.29, 0.717) is 46.4 Å². The van der Waals surface area contributed by atoms with Gasteiger partial charge >= 0.3 is 165 Å². The van der Waals surface area contributed by atoms with E-state index in [-0.39, 0.29) is 54.2 Å². The van der Waals surface area contributed by atoms with Crippen molar-refractivity contribution >= 4 is 48.5 Å². The number of furan rings is 1. The first kappa shape index (κ1) is 31.0. The number of benzene rings is 4. The van der Waals surface area contributed by atoms with Gasteiger partial charge in [0.25, 0.3) is 0 Å². The van der Waals surface area contributed by atoms with Crippen molar-refractivity contribution in [1.29, 1.82) is 5.26 Å². The Labute approximate surface area is 353 Å². The van der Waals surface area contributed by atoms with Crippen molar-refractivity contribution in [3.8, 4) is 39.7 Å². The van der Waals surface area contributed by atoms with Gasteiger partial charge in [0.1, 0.15) is 5.58 Å². The Bertz CT molecular complexity index is 2840. The van der Waals surface area contributed by atoms with Gasteiger partial charge in [-0.2, -0.15) is 5.26 Å². The molecule has 1 aliphatic heterocycles. The van der Waals surface area contributed by atoms with Crippen molar-refractivity contribution in [1.82, 2.24) is 9.97 Å². The Balaban J connectivity index is 0.000000308. The van der Waals surface area contributed by atoms with Crippen LogP contribution in [0.3, 0.4) is 0 Å². The average molecular weight is 989 g/mol. The molecule has 0 unspecified atom stereocenters. The average Bonchev–Trinajstić information content (AvgIpc) is 3.59. The van der Waals surface area contributed by atoms with Gasteiger partial charge in [-0.1, -0.05) is 43.2 Å². The molecule has 3 aromatic heterocycles. The predicted octanol–water partition coefficient (Wildman–Crippen LogP) is 12.4. The summed E-state index contributed by atoms with van der Waals surface area (Å²) in [5, 5.41) is 14.2. The number of nitriles is 1. The summed E-state index contributed by atoms with van der Waals surface area (Å²) in [6, 6.07) is 29.8. The summed E-state index contributed by atoms with van der Waals surface area (Å²) in [5.41, 5.74) is 3.97. The molecule has 55 heavy (non-hydrogen) atoms. The molecule has 1 radical (unpaired) electrons. The molecule has 1 aliphatic rings. The van der Waals surface area contributed by atoms with Crippen molar-refractivity contribution < 1.29 is 39.9 Å². The first-order valence-electron chi connectivity index (χ1n) is 22.1. The molecule has 4 aromatic carbocycles. The number of aromatic nitrogens is 2. The normalized spacial score (nSPS) is 17.3. The van der Waals surface area contributed by atoms with Crippen molar-refractivity contribution in [2.75, 3.05) is 0 Å². The number of hydrogen-bond donors (Lipinski definition) is 0. The number of hydrogen-bond acceptors (Lipinski definition) is 4. The van der Waals surface area contributed by atoms with E-state index in [1.54, 1.807) is 36.4 Å². The summed E-state index contributed by atoms with van der Waals surface area (Å²) < 4.78 is 87.4. The van der Waals surface area contributed by atoms with Gasteiger partial charge in [0.2, 0.25) is 0 Å². The number of pyridine rings is 2. The Kier molecular flexibility index (Phi) is 9.29. The van der Waals surface area contributed by atoms with Crippen molar-refractivity contribution in [2.24, 2.45) is 0 Å². The maximum atomic E-state index is 12.8. The minimum atomic E-state index is -2.68. The maximum Gasteiger partial charge on any atom is 0 e. The summed E-state index contributed by atoms with van der Waals surface area (Å²) in [6.07, 6.45) is 4.37. The van der Waals surface area contributed by atoms with E-state index in [1.165, 1.54) is 35.6 Å². The van der Waals surface area contributed by atoms with E-state index < -0.39 is 40.9 Å². The van der Waals surface area contributed by atoms with Gasteiger partial charge in [0, 0.05) is 37.5 Å². The van der Waals surface area contributed by atoms with Crippen molar-refractivity contribution in [2.45, 2.75) is 74.1 Å². The summed E-state index contributed by atoms with van der Waals surface area (Å²) in [4.78, 5) is 8.89. The fourth-order valence-corrected chi connectivity index (χ4v) is 12.5. The van der Waals surface area contributed by atoms with Gasteiger partial charge in [0.05, 0.1) is 19.7 Å². The van der Waals surface area contributed by atoms with Crippen LogP contribution in [0.15, 0.2) is 102 Å². The fourth-order valence-electron chi connectivity index (χ4n) is 6.80. The molecular formula is C47H46FGeIrN3OSi-2. The van der Waals surface area contributed by atoms with Crippen LogP contribution in [0.1, 0.15) is 52.0 Å². The molecule has 1 saturated heterocycles. The van der Waals surface area contributed by atoms with Gasteiger partial charge in [0.15, 0.2) is 0 Å². The monoisotopic (exact) mass is 990 g/mol. The van der Waals surface area contributed by atoms with Crippen LogP contribution < -0.4 is 5.19 Å². The molecule has 281 valence electrons. The van der Waals surface area contributed by atoms with Crippen molar-refractivity contribution in [3.05, 3.63) is 138 Å². The molecule has 4 nitrogen and oxygen atoms in total. The molecule has 8 heteroatoms. The summed E-state index contributed by atoms with van der Waals surface area (Å²) >= 11 is -1.94. The first-order valence-corrected chi connectivity index (χ1v) is 28.7. The number of fused-ring (bicyclic) bond motifs is 3. The molecule has 7 aromatic rings. The van der Waals surface area contributed by atoms with E-state index in [4.69, 9.17) is 14.0 Å². The van der Waals surface area contributed by atoms with Gasteiger partial charge < -0.3 is 9.40 Å². The topological polar surface area (TPSA) is 62.7 Å². The third-order valence-corrected chi connectivity index (χ3v) is 19.0. The molecule has 0 N–H and O–H groups in total. The van der Waals surface area contributed by atoms with Crippen LogP contribution in [0.4, 0.5) is 4.39 Å². The molecule has 0 saturated carbocycles. The number of nitrogens with zero attached hydrogens (tertiary/aromatic N) is 3. The molecule has 0 amide bonds. The Morgan fingerprint density at radius 2 is 1.69 bits per heavy atom. The SMILES string of the molecule is C[Si](C)(C)c1ccc(-c2[c-]cc(F)cc2)nc1.[2H]c1cc(C2([2H])C[CH2][Ge]([CH3])([CH3])[CH2]C2)cc(C([2H])([2H])[2H])c1-c1cc(-c2[c-]ccc3c2oc2cc(C#N)ccc23)ncc1C([2H])([2H])[2H].[Ir]. The molecule has 0 bridgehead atoms. The van der Waals surface area contributed by atoms with E-state index in [2.05, 4.69) is 65.4 Å². The van der Waals surface area contributed by atoms with E-state index in [9.17, 15) is 11.0 Å². The van der Waals surface area contributed by atoms with E-state index in [1.807, 2.05) is 18.3 Å². The van der Waals surface area contributed by atoms with Gasteiger partial charge in [-0.15, -0.1) is 42.0 Å². The number of aryl methyl sites for hydroxylation is 2. The summed E-state index contributed by atoms with van der Waals surface area (Å²) in [6.45, 7) is 1.52. The quantitative estimate of drug-likeness (QED) is 0.127. The van der Waals surface area contributed by atoms with Gasteiger partial charge in [-0.05, 0) is 23.0 Å². The molecule has 0 atom stereocenters. The molecule has 0 spiro atoms. The Hall–Kier alpha value is -4.19. The molecule has 1 fully saturated rings. The van der Waals surface area contributed by atoms with Crippen LogP contribution in [-0.4, -0.2) is 31.3 Å². The fraction of sp³-hybridized carbons (Fsp3) is 0.255. The zero-order valence-corrected chi connectivity index (χ0v) is 36.9. The largest absolute Gasteiger partial charge is 0 e. The van der Waals surface area contributed by atoms with Crippen LogP contribution in [-0.2, 0) is 20.1 Å². The smallest absolute Gasteiger partial charge is 0 e. The van der Waals surface area contributed by atoms with Crippen molar-refractivity contribution in [3.63, 3.8) is 0 Å². The molecule has 4 heterocycles.